The highest BCUT2D eigenvalue weighted by Gasteiger charge is 2.61. The molecule has 1 fully saturated rings. The van der Waals surface area contributed by atoms with E-state index in [4.69, 9.17) is 14.7 Å². The van der Waals surface area contributed by atoms with Gasteiger partial charge in [-0.05, 0) is 30.4 Å². The van der Waals surface area contributed by atoms with Crippen LogP contribution in [0.2, 0.25) is 0 Å². The topological polar surface area (TPSA) is 59.3 Å². The van der Waals surface area contributed by atoms with E-state index < -0.39 is 23.5 Å². The van der Waals surface area contributed by atoms with Crippen LogP contribution in [-0.4, -0.2) is 13.1 Å². The van der Waals surface area contributed by atoms with Crippen molar-refractivity contribution in [2.75, 3.05) is 7.11 Å². The number of nitriles is 1. The van der Waals surface area contributed by atoms with E-state index in [-0.39, 0.29) is 35.7 Å². The third-order valence-corrected chi connectivity index (χ3v) is 4.66. The average molecular weight is 349 g/mol. The lowest BCUT2D eigenvalue weighted by Gasteiger charge is -2.09. The molecule has 0 N–H and O–H groups in total. The molecule has 0 spiro atoms. The van der Waals surface area contributed by atoms with Crippen LogP contribution < -0.4 is 0 Å². The summed E-state index contributed by atoms with van der Waals surface area (Å²) in [7, 11) is 1.39. The van der Waals surface area contributed by atoms with Crippen molar-refractivity contribution < 1.29 is 23.0 Å². The minimum Gasteiger partial charge on any atom is -0.460 e. The fourth-order valence-electron chi connectivity index (χ4n) is 2.99. The predicted molar refractivity (Wildman–Crippen MR) is 87.0 cm³/mol. The fraction of sp³-hybridized carbons (Fsp3) is 0.474. The van der Waals surface area contributed by atoms with Crippen molar-refractivity contribution in [3.05, 3.63) is 46.5 Å². The van der Waals surface area contributed by atoms with Crippen molar-refractivity contribution in [1.29, 1.82) is 5.26 Å². The monoisotopic (exact) mass is 349 g/mol. The summed E-state index contributed by atoms with van der Waals surface area (Å²) in [6.07, 6.45) is 1.76. The number of esters is 1. The van der Waals surface area contributed by atoms with E-state index in [9.17, 15) is 13.6 Å². The Bertz CT molecular complexity index is 750. The van der Waals surface area contributed by atoms with E-state index in [1.807, 2.05) is 19.9 Å². The Balaban J connectivity index is 2.04. The highest BCUT2D eigenvalue weighted by atomic mass is 19.1. The molecule has 0 radical (unpaired) electrons. The van der Waals surface area contributed by atoms with Crippen LogP contribution in [0.3, 0.4) is 0 Å². The van der Waals surface area contributed by atoms with Crippen LogP contribution in [0.25, 0.3) is 0 Å². The van der Waals surface area contributed by atoms with E-state index in [1.54, 1.807) is 13.0 Å². The Labute approximate surface area is 146 Å². The van der Waals surface area contributed by atoms with E-state index in [2.05, 4.69) is 0 Å². The number of halogens is 2. The minimum absolute atomic E-state index is 0.0237. The number of hydrogen-bond acceptors (Lipinski definition) is 4. The maximum atomic E-state index is 14.0. The Hall–Kier alpha value is -2.26. The number of carbonyl (C=O) groups is 1. The normalized spacial score (nSPS) is 21.6. The molecule has 0 heterocycles. The molecule has 1 aliphatic carbocycles. The van der Waals surface area contributed by atoms with Gasteiger partial charge in [0.15, 0.2) is 0 Å². The molecule has 2 rings (SSSR count). The molecule has 25 heavy (non-hydrogen) atoms. The summed E-state index contributed by atoms with van der Waals surface area (Å²) in [6.45, 7) is 5.12. The second kappa shape index (κ2) is 7.32. The molecule has 0 aromatic heterocycles. The van der Waals surface area contributed by atoms with Crippen molar-refractivity contribution in [3.8, 4) is 6.07 Å². The fourth-order valence-corrected chi connectivity index (χ4v) is 2.99. The molecule has 6 heteroatoms. The molecule has 1 aromatic carbocycles. The molecule has 0 aliphatic heterocycles. The summed E-state index contributed by atoms with van der Waals surface area (Å²) in [6, 6.07) is 4.09. The van der Waals surface area contributed by atoms with Crippen LogP contribution in [0.1, 0.15) is 31.9 Å². The van der Waals surface area contributed by atoms with Gasteiger partial charge in [0.1, 0.15) is 18.2 Å². The molecule has 0 saturated heterocycles. The van der Waals surface area contributed by atoms with Crippen LogP contribution in [-0.2, 0) is 27.5 Å². The van der Waals surface area contributed by atoms with E-state index in [1.165, 1.54) is 7.11 Å². The van der Waals surface area contributed by atoms with Gasteiger partial charge in [-0.3, -0.25) is 4.79 Å². The average Bonchev–Trinajstić information content (AvgIpc) is 3.09. The van der Waals surface area contributed by atoms with Crippen LogP contribution in [0.4, 0.5) is 8.78 Å². The number of nitrogens with zero attached hydrogens (tertiary/aromatic N) is 1. The van der Waals surface area contributed by atoms with E-state index >= 15 is 0 Å². The maximum absolute atomic E-state index is 14.0. The van der Waals surface area contributed by atoms with Crippen LogP contribution in [0.15, 0.2) is 23.8 Å². The molecule has 0 bridgehead atoms. The standard InChI is InChI=1S/C19H21F2NO3/c1-11(8-22)5-14-17(19(14,2)3)18(23)25-10-13-7-15(20)12(9-24-4)6-16(13)21/h5-7,14,17H,9-10H2,1-4H3/t14-,17+/m1/s1. The highest BCUT2D eigenvalue weighted by molar-refractivity contribution is 5.78. The Kier molecular flexibility index (Phi) is 5.58. The van der Waals surface area contributed by atoms with Crippen molar-refractivity contribution in [2.24, 2.45) is 17.3 Å². The quantitative estimate of drug-likeness (QED) is 0.577. The highest BCUT2D eigenvalue weighted by Crippen LogP contribution is 2.59. The molecule has 0 unspecified atom stereocenters. The molecular formula is C19H21F2NO3. The van der Waals surface area contributed by atoms with Crippen LogP contribution >= 0.6 is 0 Å². The molecule has 0 amide bonds. The third-order valence-electron chi connectivity index (χ3n) is 4.66. The van der Waals surface area contributed by atoms with Gasteiger partial charge >= 0.3 is 5.97 Å². The number of allylic oxidation sites excluding steroid dienone is 2. The molecule has 2 atom stereocenters. The van der Waals surface area contributed by atoms with Crippen molar-refractivity contribution in [2.45, 2.75) is 34.0 Å². The van der Waals surface area contributed by atoms with Gasteiger partial charge in [0.2, 0.25) is 0 Å². The first-order valence-electron chi connectivity index (χ1n) is 7.93. The zero-order valence-corrected chi connectivity index (χ0v) is 14.7. The smallest absolute Gasteiger partial charge is 0.310 e. The maximum Gasteiger partial charge on any atom is 0.310 e. The Morgan fingerprint density at radius 3 is 2.36 bits per heavy atom. The minimum atomic E-state index is -0.645. The number of benzene rings is 1. The van der Waals surface area contributed by atoms with Crippen LogP contribution in [0.5, 0.6) is 0 Å². The molecular weight excluding hydrogens is 328 g/mol. The zero-order valence-electron chi connectivity index (χ0n) is 14.7. The van der Waals surface area contributed by atoms with E-state index in [0.29, 0.717) is 5.57 Å². The summed E-state index contributed by atoms with van der Waals surface area (Å²) in [5.74, 6) is -2.21. The van der Waals surface area contributed by atoms with Gasteiger partial charge < -0.3 is 9.47 Å². The summed E-state index contributed by atoms with van der Waals surface area (Å²) in [5.41, 5.74) is 0.302. The Morgan fingerprint density at radius 1 is 1.28 bits per heavy atom. The lowest BCUT2D eigenvalue weighted by Crippen LogP contribution is -2.12. The predicted octanol–water partition coefficient (Wildman–Crippen LogP) is 3.90. The number of hydrogen-bond donors (Lipinski definition) is 0. The number of ether oxygens (including phenoxy) is 2. The molecule has 1 aliphatic rings. The molecule has 4 nitrogen and oxygen atoms in total. The summed E-state index contributed by atoms with van der Waals surface area (Å²) in [4.78, 5) is 12.3. The second-order valence-corrected chi connectivity index (χ2v) is 6.86. The van der Waals surface area contributed by atoms with Gasteiger partial charge in [0.25, 0.3) is 0 Å². The SMILES string of the molecule is COCc1cc(F)c(COC(=O)[C@@H]2[C@@H](C=C(C)C#N)C2(C)C)cc1F. The van der Waals surface area contributed by atoms with Crippen molar-refractivity contribution >= 4 is 5.97 Å². The second-order valence-electron chi connectivity index (χ2n) is 6.86. The van der Waals surface area contributed by atoms with Gasteiger partial charge in [-0.2, -0.15) is 5.26 Å². The van der Waals surface area contributed by atoms with Gasteiger partial charge in [-0.15, -0.1) is 0 Å². The molecule has 1 saturated carbocycles. The van der Waals surface area contributed by atoms with Gasteiger partial charge in [0.05, 0.1) is 18.6 Å². The molecule has 1 aromatic rings. The number of rotatable bonds is 6. The third kappa shape index (κ3) is 4.05. The lowest BCUT2D eigenvalue weighted by molar-refractivity contribution is -0.147. The number of carbonyl (C=O) groups excluding carboxylic acids is 1. The van der Waals surface area contributed by atoms with Crippen LogP contribution in [0, 0.1) is 40.2 Å². The van der Waals surface area contributed by atoms with Crippen molar-refractivity contribution in [3.63, 3.8) is 0 Å². The van der Waals surface area contributed by atoms with Gasteiger partial charge in [0, 0.05) is 23.8 Å². The lowest BCUT2D eigenvalue weighted by atomic mass is 10.1. The Morgan fingerprint density at radius 2 is 1.84 bits per heavy atom. The van der Waals surface area contributed by atoms with Gasteiger partial charge in [-0.25, -0.2) is 8.78 Å². The largest absolute Gasteiger partial charge is 0.460 e. The summed E-state index contributed by atoms with van der Waals surface area (Å²) in [5, 5.41) is 8.86. The first-order valence-corrected chi connectivity index (χ1v) is 7.93. The first kappa shape index (κ1) is 19.1. The molecule has 134 valence electrons. The summed E-state index contributed by atoms with van der Waals surface area (Å²) < 4.78 is 37.8. The zero-order chi connectivity index (χ0) is 18.8. The first-order chi connectivity index (χ1) is 11.7. The summed E-state index contributed by atoms with van der Waals surface area (Å²) >= 11 is 0. The number of methoxy groups -OCH3 is 1. The van der Waals surface area contributed by atoms with E-state index in [0.717, 1.165) is 12.1 Å². The van der Waals surface area contributed by atoms with Crippen molar-refractivity contribution in [1.82, 2.24) is 0 Å². The van der Waals surface area contributed by atoms with Gasteiger partial charge in [-0.1, -0.05) is 19.9 Å².